The molecule has 5 nitrogen and oxygen atoms in total. The summed E-state index contributed by atoms with van der Waals surface area (Å²) in [5.41, 5.74) is 5.79. The Morgan fingerprint density at radius 3 is 3.20 bits per heavy atom. The Kier molecular flexibility index (Phi) is 2.53. The maximum atomic E-state index is 11.7. The molecule has 0 aliphatic carbocycles. The van der Waals surface area contributed by atoms with E-state index in [1.165, 1.54) is 10.6 Å². The van der Waals surface area contributed by atoms with Gasteiger partial charge in [-0.15, -0.1) is 11.3 Å². The Morgan fingerprint density at radius 2 is 2.30 bits per heavy atom. The first-order valence-electron chi connectivity index (χ1n) is 6.67. The van der Waals surface area contributed by atoms with Crippen molar-refractivity contribution in [2.24, 2.45) is 0 Å². The van der Waals surface area contributed by atoms with E-state index in [0.717, 1.165) is 42.1 Å². The third-order valence-corrected chi connectivity index (χ3v) is 4.76. The molecule has 0 radical (unpaired) electrons. The number of aryl methyl sites for hydroxylation is 1. The molecule has 6 heteroatoms. The molecule has 102 valence electrons. The van der Waals surface area contributed by atoms with Crippen LogP contribution in [-0.2, 0) is 19.5 Å². The number of nitrogens with zero attached hydrogens (tertiary/aromatic N) is 3. The molecule has 0 fully saturated rings. The highest BCUT2D eigenvalue weighted by Crippen LogP contribution is 2.29. The second-order valence-corrected chi connectivity index (χ2v) is 6.14. The van der Waals surface area contributed by atoms with Crippen molar-refractivity contribution in [3.8, 4) is 0 Å². The van der Waals surface area contributed by atoms with Crippen molar-refractivity contribution >= 4 is 23.1 Å². The van der Waals surface area contributed by atoms with E-state index in [1.807, 2.05) is 18.5 Å². The maximum absolute atomic E-state index is 11.7. The lowest BCUT2D eigenvalue weighted by Crippen LogP contribution is -2.31. The molecule has 4 rings (SSSR count). The van der Waals surface area contributed by atoms with Gasteiger partial charge in [-0.25, -0.2) is 9.97 Å². The minimum Gasteiger partial charge on any atom is -0.351 e. The molecule has 0 unspecified atom stereocenters. The number of hydrogen-bond donors (Lipinski definition) is 1. The molecule has 0 saturated heterocycles. The smallest absolute Gasteiger partial charge is 0.253 e. The van der Waals surface area contributed by atoms with Crippen LogP contribution in [0.2, 0.25) is 0 Å². The predicted octanol–water partition coefficient (Wildman–Crippen LogP) is 1.65. The van der Waals surface area contributed by atoms with Crippen molar-refractivity contribution in [3.05, 3.63) is 39.0 Å². The van der Waals surface area contributed by atoms with Gasteiger partial charge in [0.05, 0.1) is 35.6 Å². The molecule has 1 N–H and O–H groups in total. The summed E-state index contributed by atoms with van der Waals surface area (Å²) in [6.07, 6.45) is 0.966. The van der Waals surface area contributed by atoms with Crippen LogP contribution in [-0.4, -0.2) is 22.4 Å². The van der Waals surface area contributed by atoms with E-state index < -0.39 is 0 Å². The highest BCUT2D eigenvalue weighted by atomic mass is 32.1. The summed E-state index contributed by atoms with van der Waals surface area (Å²) in [6, 6.07) is 1.96. The Labute approximate surface area is 120 Å². The van der Waals surface area contributed by atoms with Crippen LogP contribution in [0.5, 0.6) is 0 Å². The highest BCUT2D eigenvalue weighted by molar-refractivity contribution is 7.09. The van der Waals surface area contributed by atoms with Crippen LogP contribution in [0.15, 0.2) is 11.6 Å². The number of fused-ring (bicyclic) bond motifs is 2. The van der Waals surface area contributed by atoms with Crippen LogP contribution in [0, 0.1) is 6.92 Å². The molecule has 4 heterocycles. The topological polar surface area (TPSA) is 58.1 Å². The first kappa shape index (κ1) is 11.8. The van der Waals surface area contributed by atoms with E-state index in [0.29, 0.717) is 6.54 Å². The molecular weight excluding hydrogens is 272 g/mol. The number of carbonyl (C=O) groups is 1. The normalized spacial score (nSPS) is 16.9. The first-order chi connectivity index (χ1) is 9.72. The summed E-state index contributed by atoms with van der Waals surface area (Å²) in [7, 11) is 0. The second kappa shape index (κ2) is 4.28. The summed E-state index contributed by atoms with van der Waals surface area (Å²) in [6.45, 7) is 4.37. The molecule has 0 spiro atoms. The third kappa shape index (κ3) is 1.71. The molecule has 2 aromatic rings. The van der Waals surface area contributed by atoms with E-state index in [-0.39, 0.29) is 5.91 Å². The van der Waals surface area contributed by atoms with Crippen molar-refractivity contribution in [1.29, 1.82) is 0 Å². The van der Waals surface area contributed by atoms with E-state index >= 15 is 0 Å². The summed E-state index contributed by atoms with van der Waals surface area (Å²) in [5.74, 6) is 0.991. The molecular formula is C14H14N4OS. The summed E-state index contributed by atoms with van der Waals surface area (Å²) >= 11 is 1.71. The zero-order valence-corrected chi connectivity index (χ0v) is 12.0. The molecule has 2 aliphatic heterocycles. The van der Waals surface area contributed by atoms with Gasteiger partial charge in [0, 0.05) is 17.8 Å². The lowest BCUT2D eigenvalue weighted by atomic mass is 10.1. The van der Waals surface area contributed by atoms with E-state index in [4.69, 9.17) is 4.98 Å². The molecule has 0 bridgehead atoms. The van der Waals surface area contributed by atoms with Gasteiger partial charge >= 0.3 is 0 Å². The number of aromatic nitrogens is 2. The van der Waals surface area contributed by atoms with Crippen LogP contribution < -0.4 is 10.2 Å². The van der Waals surface area contributed by atoms with Crippen molar-refractivity contribution in [2.45, 2.75) is 26.4 Å². The fourth-order valence-corrected chi connectivity index (χ4v) is 3.68. The molecule has 20 heavy (non-hydrogen) atoms. The quantitative estimate of drug-likeness (QED) is 0.866. The van der Waals surface area contributed by atoms with Crippen molar-refractivity contribution in [3.63, 3.8) is 0 Å². The fourth-order valence-electron chi connectivity index (χ4n) is 2.85. The zero-order valence-electron chi connectivity index (χ0n) is 11.1. The minimum atomic E-state index is -0.00876. The number of pyridine rings is 1. The Bertz CT molecular complexity index is 709. The van der Waals surface area contributed by atoms with Gasteiger partial charge < -0.3 is 10.2 Å². The lowest BCUT2D eigenvalue weighted by molar-refractivity contribution is 0.0965. The first-order valence-corrected chi connectivity index (χ1v) is 7.55. The molecule has 0 aromatic carbocycles. The van der Waals surface area contributed by atoms with E-state index in [9.17, 15) is 4.79 Å². The fraction of sp³-hybridized carbons (Fsp3) is 0.357. The number of anilines is 1. The molecule has 1 amide bonds. The van der Waals surface area contributed by atoms with Gasteiger partial charge in [0.25, 0.3) is 5.91 Å². The van der Waals surface area contributed by atoms with Crippen molar-refractivity contribution in [1.82, 2.24) is 15.3 Å². The number of rotatable bonds is 1. The maximum Gasteiger partial charge on any atom is 0.253 e. The average Bonchev–Trinajstić information content (AvgIpc) is 3.05. The Balaban J connectivity index is 1.72. The predicted molar refractivity (Wildman–Crippen MR) is 77.0 cm³/mol. The van der Waals surface area contributed by atoms with Gasteiger partial charge in [0.15, 0.2) is 0 Å². The minimum absolute atomic E-state index is 0.00876. The largest absolute Gasteiger partial charge is 0.351 e. The SMILES string of the molecule is Cc1cc2c(nc1N1CCc3ncsc3C1)CNC2=O. The Morgan fingerprint density at radius 1 is 1.40 bits per heavy atom. The van der Waals surface area contributed by atoms with Gasteiger partial charge in [-0.2, -0.15) is 0 Å². The second-order valence-electron chi connectivity index (χ2n) is 5.20. The zero-order chi connectivity index (χ0) is 13.7. The van der Waals surface area contributed by atoms with Crippen LogP contribution in [0.25, 0.3) is 0 Å². The molecule has 0 saturated carbocycles. The molecule has 0 atom stereocenters. The van der Waals surface area contributed by atoms with Gasteiger partial charge in [-0.3, -0.25) is 4.79 Å². The van der Waals surface area contributed by atoms with Crippen LogP contribution in [0.1, 0.15) is 32.2 Å². The Hall–Kier alpha value is -1.95. The highest BCUT2D eigenvalue weighted by Gasteiger charge is 2.25. The lowest BCUT2D eigenvalue weighted by Gasteiger charge is -2.28. The van der Waals surface area contributed by atoms with Crippen molar-refractivity contribution < 1.29 is 4.79 Å². The average molecular weight is 286 g/mol. The van der Waals surface area contributed by atoms with E-state index in [1.54, 1.807) is 11.3 Å². The number of hydrogen-bond acceptors (Lipinski definition) is 5. The molecule has 2 aliphatic rings. The monoisotopic (exact) mass is 286 g/mol. The van der Waals surface area contributed by atoms with Crippen LogP contribution in [0.3, 0.4) is 0 Å². The van der Waals surface area contributed by atoms with Gasteiger partial charge in [0.1, 0.15) is 5.82 Å². The van der Waals surface area contributed by atoms with Gasteiger partial charge in [-0.1, -0.05) is 0 Å². The van der Waals surface area contributed by atoms with E-state index in [2.05, 4.69) is 15.2 Å². The number of amides is 1. The number of nitrogens with one attached hydrogen (secondary N) is 1. The van der Waals surface area contributed by atoms with Gasteiger partial charge in [0.2, 0.25) is 0 Å². The number of carbonyl (C=O) groups excluding carboxylic acids is 1. The summed E-state index contributed by atoms with van der Waals surface area (Å²) in [4.78, 5) is 24.4. The van der Waals surface area contributed by atoms with Crippen molar-refractivity contribution in [2.75, 3.05) is 11.4 Å². The van der Waals surface area contributed by atoms with Gasteiger partial charge in [-0.05, 0) is 18.6 Å². The summed E-state index contributed by atoms with van der Waals surface area (Å²) < 4.78 is 0. The molecule has 2 aromatic heterocycles. The van der Waals surface area contributed by atoms with Crippen LogP contribution in [0.4, 0.5) is 5.82 Å². The number of thiazole rings is 1. The third-order valence-electron chi connectivity index (χ3n) is 3.90. The summed E-state index contributed by atoms with van der Waals surface area (Å²) in [5, 5.41) is 2.83. The van der Waals surface area contributed by atoms with Crippen LogP contribution >= 0.6 is 11.3 Å². The standard InChI is InChI=1S/C14H14N4OS/c1-8-4-9-11(5-15-14(9)19)17-13(8)18-3-2-10-12(6-18)20-7-16-10/h4,7H,2-3,5-6H2,1H3,(H,15,19).